The van der Waals surface area contributed by atoms with Gasteiger partial charge in [-0.3, -0.25) is 15.7 Å². The van der Waals surface area contributed by atoms with E-state index in [1.54, 1.807) is 60.7 Å². The van der Waals surface area contributed by atoms with Crippen molar-refractivity contribution < 1.29 is 39.0 Å². The first kappa shape index (κ1) is 37.5. The van der Waals surface area contributed by atoms with Crippen LogP contribution in [0.25, 0.3) is 10.8 Å². The SMILES string of the molecule is CC(C)(C)C(=O)O.CC(C)(C)C(=O)O.[C-]1=CC=CC1.[CH3-].[CH3-].[Si]=[Ti].c1ccc2[cH-]ccc2c1. The molecule has 2 N–H and O–H groups in total. The zero-order chi connectivity index (χ0) is 23.8. The quantitative estimate of drug-likeness (QED) is 0.322. The topological polar surface area (TPSA) is 74.6 Å². The van der Waals surface area contributed by atoms with Crippen molar-refractivity contribution in [3.8, 4) is 0 Å². The predicted molar refractivity (Wildman–Crippen MR) is 134 cm³/mol. The zero-order valence-corrected chi connectivity index (χ0v) is 23.3. The van der Waals surface area contributed by atoms with Gasteiger partial charge in [0.25, 0.3) is 0 Å². The third-order valence-corrected chi connectivity index (χ3v) is 3.42. The van der Waals surface area contributed by atoms with Gasteiger partial charge in [0, 0.05) is 0 Å². The Bertz CT molecular complexity index is 745. The molecule has 0 bridgehead atoms. The molecule has 6 heteroatoms. The van der Waals surface area contributed by atoms with E-state index in [4.69, 9.17) is 10.2 Å². The van der Waals surface area contributed by atoms with Gasteiger partial charge in [0.15, 0.2) is 0 Å². The van der Waals surface area contributed by atoms with Crippen LogP contribution in [-0.4, -0.2) is 29.8 Å². The molecule has 0 unspecified atom stereocenters. The van der Waals surface area contributed by atoms with E-state index in [1.807, 2.05) is 12.2 Å². The maximum absolute atomic E-state index is 10.0. The molecule has 0 saturated heterocycles. The summed E-state index contributed by atoms with van der Waals surface area (Å²) in [5, 5.41) is 19.2. The molecule has 3 rings (SSSR count). The van der Waals surface area contributed by atoms with E-state index in [2.05, 4.69) is 62.2 Å². The number of carboxylic acids is 2. The van der Waals surface area contributed by atoms with Gasteiger partial charge < -0.3 is 25.1 Å². The van der Waals surface area contributed by atoms with Gasteiger partial charge in [0.05, 0.1) is 10.8 Å². The van der Waals surface area contributed by atoms with Crippen LogP contribution in [0.4, 0.5) is 0 Å². The van der Waals surface area contributed by atoms with Crippen molar-refractivity contribution in [1.82, 2.24) is 0 Å². The molecule has 178 valence electrons. The van der Waals surface area contributed by atoms with Gasteiger partial charge in [-0.1, -0.05) is 6.07 Å². The minimum Gasteiger partial charge on any atom is -0.168 e. The van der Waals surface area contributed by atoms with Crippen LogP contribution in [0.3, 0.4) is 0 Å². The number of carbonyl (C=O) groups is 2. The minimum absolute atomic E-state index is 0. The zero-order valence-electron chi connectivity index (χ0n) is 20.7. The van der Waals surface area contributed by atoms with Crippen molar-refractivity contribution in [2.75, 3.05) is 0 Å². The Morgan fingerprint density at radius 2 is 1.38 bits per heavy atom. The van der Waals surface area contributed by atoms with E-state index in [0.29, 0.717) is 0 Å². The van der Waals surface area contributed by atoms with Crippen LogP contribution in [0, 0.1) is 31.8 Å². The average molecular weight is 491 g/mol. The van der Waals surface area contributed by atoms with E-state index in [0.717, 1.165) is 6.42 Å². The molecule has 0 fully saturated rings. The Balaban J connectivity index is -0.000000159. The van der Waals surface area contributed by atoms with Crippen LogP contribution in [0.2, 0.25) is 0 Å². The van der Waals surface area contributed by atoms with Crippen LogP contribution in [0.15, 0.2) is 60.7 Å². The number of hydrogen-bond donors (Lipinski definition) is 2. The second-order valence-corrected chi connectivity index (χ2v) is 8.27. The summed E-state index contributed by atoms with van der Waals surface area (Å²) < 4.78 is 0. The molecule has 0 atom stereocenters. The number of benzene rings is 1. The monoisotopic (exact) mass is 490 g/mol. The summed E-state index contributed by atoms with van der Waals surface area (Å²) in [6, 6.07) is 14.7. The Morgan fingerprint density at radius 3 is 1.66 bits per heavy atom. The van der Waals surface area contributed by atoms with Crippen molar-refractivity contribution >= 4 is 30.3 Å². The molecule has 0 amide bonds. The maximum Gasteiger partial charge on any atom is -0.0809 e. The van der Waals surface area contributed by atoms with Crippen LogP contribution in [0.1, 0.15) is 48.0 Å². The number of allylic oxidation sites excluding steroid dienone is 4. The van der Waals surface area contributed by atoms with Crippen LogP contribution >= 0.6 is 0 Å². The minimum atomic E-state index is -0.757. The fourth-order valence-corrected chi connectivity index (χ4v) is 1.41. The summed E-state index contributed by atoms with van der Waals surface area (Å²) in [6.45, 7) is 9.97. The van der Waals surface area contributed by atoms with Crippen LogP contribution in [0.5, 0.6) is 0 Å². The Morgan fingerprint density at radius 1 is 0.938 bits per heavy atom. The maximum atomic E-state index is 10.0. The molecule has 0 heterocycles. The van der Waals surface area contributed by atoms with Crippen LogP contribution < -0.4 is 0 Å². The molecular weight excluding hydrogens is 452 g/mol. The van der Waals surface area contributed by atoms with E-state index >= 15 is 0 Å². The summed E-state index contributed by atoms with van der Waals surface area (Å²) in [5.74, 6) is -1.51. The largest absolute Gasteiger partial charge is 0.168 e. The van der Waals surface area contributed by atoms with Gasteiger partial charge in [0.2, 0.25) is 0 Å². The van der Waals surface area contributed by atoms with Gasteiger partial charge in [-0.15, -0.1) is 36.1 Å². The summed E-state index contributed by atoms with van der Waals surface area (Å²) >= 11 is 1.81. The first-order valence-corrected chi connectivity index (χ1v) is 12.2. The van der Waals surface area contributed by atoms with E-state index < -0.39 is 22.8 Å². The number of rotatable bonds is 0. The molecule has 0 spiro atoms. The third kappa shape index (κ3) is 20.1. The van der Waals surface area contributed by atoms with Crippen molar-refractivity contribution in [3.05, 3.63) is 81.6 Å². The van der Waals surface area contributed by atoms with E-state index in [9.17, 15) is 9.59 Å². The Kier molecular flexibility index (Phi) is 23.2. The second-order valence-electron chi connectivity index (χ2n) is 8.27. The summed E-state index contributed by atoms with van der Waals surface area (Å²) in [5.41, 5.74) is -1.17. The number of fused-ring (bicyclic) bond motifs is 1. The van der Waals surface area contributed by atoms with E-state index in [-0.39, 0.29) is 14.9 Å². The molecule has 1 aliphatic carbocycles. The standard InChI is InChI=1S/C9H7.2C5H10O2.C5H5.2CH3.Si.Ti/c1-2-5-9-7-3-6-8(9)4-1;2*1-5(2,3)4(6)7;1-2-4-5-3-1;;;;/h1-7H;2*1-3H3,(H,6,7);1-3H,4H2;2*1H3;;/q-1;;;3*-1;;. The van der Waals surface area contributed by atoms with E-state index in [1.165, 1.54) is 10.8 Å². The van der Waals surface area contributed by atoms with Gasteiger partial charge >= 0.3 is 38.7 Å². The molecule has 32 heavy (non-hydrogen) atoms. The number of aliphatic carboxylic acids is 2. The first-order valence-electron chi connectivity index (χ1n) is 9.39. The second kappa shape index (κ2) is 19.8. The van der Waals surface area contributed by atoms with Gasteiger partial charge in [0.1, 0.15) is 0 Å². The molecule has 2 radical (unpaired) electrons. The normalized spacial score (nSPS) is 10.7. The molecule has 4 nitrogen and oxygen atoms in total. The van der Waals surface area contributed by atoms with Crippen LogP contribution in [-0.2, 0) is 28.8 Å². The van der Waals surface area contributed by atoms with Gasteiger partial charge in [-0.2, -0.15) is 23.6 Å². The molecule has 0 aromatic heterocycles. The Hall–Kier alpha value is -1.82. The number of carboxylic acid groups (broad SMARTS) is 2. The van der Waals surface area contributed by atoms with Crippen molar-refractivity contribution in [2.45, 2.75) is 48.0 Å². The number of hydrogen-bond acceptors (Lipinski definition) is 2. The smallest absolute Gasteiger partial charge is 0.0809 e. The molecule has 2 aromatic carbocycles. The van der Waals surface area contributed by atoms with Crippen molar-refractivity contribution in [2.24, 2.45) is 10.8 Å². The summed E-state index contributed by atoms with van der Waals surface area (Å²) in [7, 11) is 2.97. The van der Waals surface area contributed by atoms with Crippen molar-refractivity contribution in [1.29, 1.82) is 0 Å². The third-order valence-electron chi connectivity index (χ3n) is 3.42. The molecule has 0 saturated carbocycles. The Labute approximate surface area is 209 Å². The fourth-order valence-electron chi connectivity index (χ4n) is 1.41. The first-order chi connectivity index (χ1) is 13.9. The summed E-state index contributed by atoms with van der Waals surface area (Å²) in [4.78, 5) is 20.0. The molecule has 1 aliphatic rings. The molecule has 0 aliphatic heterocycles. The molecule has 2 aromatic rings. The molecular formula is C26H38O4SiTi-4. The van der Waals surface area contributed by atoms with Gasteiger partial charge in [-0.05, 0) is 41.5 Å². The summed E-state index contributed by atoms with van der Waals surface area (Å²) in [6.07, 6.45) is 10.0. The fraction of sp³-hybridized carbons (Fsp3) is 0.346. The van der Waals surface area contributed by atoms with Gasteiger partial charge in [-0.25, -0.2) is 12.2 Å². The van der Waals surface area contributed by atoms with Crippen molar-refractivity contribution in [3.63, 3.8) is 0 Å². The average Bonchev–Trinajstić information content (AvgIpc) is 3.37. The predicted octanol–water partition coefficient (Wildman–Crippen LogP) is 6.62.